The predicted octanol–water partition coefficient (Wildman–Crippen LogP) is 4.88. The van der Waals surface area contributed by atoms with E-state index in [0.29, 0.717) is 5.56 Å². The van der Waals surface area contributed by atoms with Gasteiger partial charge in [0.05, 0.1) is 11.6 Å². The van der Waals surface area contributed by atoms with E-state index in [1.165, 1.54) is 21.8 Å². The van der Waals surface area contributed by atoms with Crippen LogP contribution in [0.15, 0.2) is 78.9 Å². The molecule has 1 heterocycles. The summed E-state index contributed by atoms with van der Waals surface area (Å²) in [4.78, 5) is 3.38. The van der Waals surface area contributed by atoms with Crippen LogP contribution >= 0.6 is 0 Å². The fourth-order valence-corrected chi connectivity index (χ4v) is 2.31. The van der Waals surface area contributed by atoms with Gasteiger partial charge in [0.25, 0.3) is 0 Å². The Hall–Kier alpha value is -3.05. The van der Waals surface area contributed by atoms with Crippen molar-refractivity contribution in [2.75, 3.05) is 0 Å². The second kappa shape index (κ2) is 5.94. The molecule has 1 aromatic heterocycles. The van der Waals surface area contributed by atoms with E-state index in [1.807, 2.05) is 24.3 Å². The zero-order valence-electron chi connectivity index (χ0n) is 11.5. The van der Waals surface area contributed by atoms with E-state index in [4.69, 9.17) is 5.26 Å². The highest BCUT2D eigenvalue weighted by Crippen LogP contribution is 2.24. The third kappa shape index (κ3) is 2.77. The Morgan fingerprint density at radius 2 is 1.10 bits per heavy atom. The highest BCUT2D eigenvalue weighted by Gasteiger charge is 2.00. The fraction of sp³-hybridized carbons (Fsp3) is 0. The number of H-pyrrole nitrogens is 1. The van der Waals surface area contributed by atoms with Crippen molar-refractivity contribution in [2.24, 2.45) is 0 Å². The standard InChI is InChI=1S/C12H9N.C7H5N/c1-3-7-11-9(5-1)10-6-2-4-8-12(10)13-11;8-6-7-4-2-1-3-5-7/h1-8,13H;1-5H. The minimum absolute atomic E-state index is 0.715. The van der Waals surface area contributed by atoms with Crippen molar-refractivity contribution < 1.29 is 0 Å². The molecule has 0 saturated carbocycles. The van der Waals surface area contributed by atoms with Gasteiger partial charge < -0.3 is 4.98 Å². The van der Waals surface area contributed by atoms with Crippen LogP contribution in [0.3, 0.4) is 0 Å². The molecule has 0 unspecified atom stereocenters. The summed E-state index contributed by atoms with van der Waals surface area (Å²) in [5, 5.41) is 10.9. The molecule has 2 nitrogen and oxygen atoms in total. The van der Waals surface area contributed by atoms with Gasteiger partial charge in [0.1, 0.15) is 0 Å². The zero-order chi connectivity index (χ0) is 14.5. The molecule has 4 rings (SSSR count). The molecule has 0 aliphatic carbocycles. The summed E-state index contributed by atoms with van der Waals surface area (Å²) in [5.41, 5.74) is 3.14. The summed E-state index contributed by atoms with van der Waals surface area (Å²) < 4.78 is 0. The molecule has 3 aromatic carbocycles. The Morgan fingerprint density at radius 1 is 0.619 bits per heavy atom. The average molecular weight is 270 g/mol. The maximum Gasteiger partial charge on any atom is 0.0991 e. The van der Waals surface area contributed by atoms with E-state index in [0.717, 1.165) is 0 Å². The average Bonchev–Trinajstić information content (AvgIpc) is 2.95. The van der Waals surface area contributed by atoms with E-state index in [2.05, 4.69) is 53.5 Å². The minimum atomic E-state index is 0.715. The van der Waals surface area contributed by atoms with Crippen molar-refractivity contribution in [2.45, 2.75) is 0 Å². The number of rotatable bonds is 0. The predicted molar refractivity (Wildman–Crippen MR) is 87.0 cm³/mol. The molecule has 0 fully saturated rings. The lowest BCUT2D eigenvalue weighted by atomic mass is 10.2. The normalized spacial score (nSPS) is 9.86. The smallest absolute Gasteiger partial charge is 0.0991 e. The van der Waals surface area contributed by atoms with E-state index in [9.17, 15) is 0 Å². The van der Waals surface area contributed by atoms with Crippen LogP contribution in [0.5, 0.6) is 0 Å². The molecule has 0 aliphatic rings. The van der Waals surface area contributed by atoms with Gasteiger partial charge in [0.15, 0.2) is 0 Å². The quantitative estimate of drug-likeness (QED) is 0.486. The molecule has 1 N–H and O–H groups in total. The second-order valence-corrected chi connectivity index (χ2v) is 4.69. The molecular weight excluding hydrogens is 256 g/mol. The molecule has 0 bridgehead atoms. The SMILES string of the molecule is N#Cc1ccccc1.c1ccc2c(c1)[nH]c1ccccc12. The molecule has 0 atom stereocenters. The number of fused-ring (bicyclic) bond motifs is 3. The summed E-state index contributed by atoms with van der Waals surface area (Å²) in [6.45, 7) is 0. The number of hydrogen-bond donors (Lipinski definition) is 1. The van der Waals surface area contributed by atoms with Crippen LogP contribution in [-0.2, 0) is 0 Å². The number of nitrogens with one attached hydrogen (secondary N) is 1. The highest BCUT2D eigenvalue weighted by molar-refractivity contribution is 6.06. The molecule has 0 radical (unpaired) electrons. The van der Waals surface area contributed by atoms with E-state index in [1.54, 1.807) is 12.1 Å². The maximum atomic E-state index is 8.29. The van der Waals surface area contributed by atoms with Crippen LogP contribution in [0.25, 0.3) is 21.8 Å². The molecule has 0 amide bonds. The topological polar surface area (TPSA) is 39.6 Å². The number of aromatic nitrogens is 1. The van der Waals surface area contributed by atoms with Crippen molar-refractivity contribution in [3.63, 3.8) is 0 Å². The molecule has 0 saturated heterocycles. The lowest BCUT2D eigenvalue weighted by molar-refractivity contribution is 1.49. The van der Waals surface area contributed by atoms with E-state index < -0.39 is 0 Å². The monoisotopic (exact) mass is 270 g/mol. The Bertz CT molecular complexity index is 849. The lowest BCUT2D eigenvalue weighted by Gasteiger charge is -1.87. The van der Waals surface area contributed by atoms with Crippen LogP contribution < -0.4 is 0 Å². The van der Waals surface area contributed by atoms with Crippen LogP contribution in [-0.4, -0.2) is 4.98 Å². The molecular formula is C19H14N2. The van der Waals surface area contributed by atoms with Crippen molar-refractivity contribution in [1.29, 1.82) is 5.26 Å². The molecule has 21 heavy (non-hydrogen) atoms. The van der Waals surface area contributed by atoms with Gasteiger partial charge in [-0.15, -0.1) is 0 Å². The van der Waals surface area contributed by atoms with Gasteiger partial charge in [-0.25, -0.2) is 0 Å². The van der Waals surface area contributed by atoms with Crippen molar-refractivity contribution in [3.8, 4) is 6.07 Å². The molecule has 0 aliphatic heterocycles. The van der Waals surface area contributed by atoms with Crippen LogP contribution in [0, 0.1) is 11.3 Å². The minimum Gasteiger partial charge on any atom is -0.355 e. The maximum absolute atomic E-state index is 8.29. The van der Waals surface area contributed by atoms with Gasteiger partial charge in [-0.2, -0.15) is 5.26 Å². The first-order valence-electron chi connectivity index (χ1n) is 6.79. The summed E-state index contributed by atoms with van der Waals surface area (Å²) in [6.07, 6.45) is 0. The Morgan fingerprint density at radius 3 is 1.57 bits per heavy atom. The molecule has 0 spiro atoms. The first kappa shape index (κ1) is 13.0. The number of nitrogens with zero attached hydrogens (tertiary/aromatic N) is 1. The number of para-hydroxylation sites is 2. The van der Waals surface area contributed by atoms with E-state index >= 15 is 0 Å². The van der Waals surface area contributed by atoms with Crippen molar-refractivity contribution in [3.05, 3.63) is 84.4 Å². The van der Waals surface area contributed by atoms with Gasteiger partial charge in [0.2, 0.25) is 0 Å². The van der Waals surface area contributed by atoms with E-state index in [-0.39, 0.29) is 0 Å². The van der Waals surface area contributed by atoms with Crippen molar-refractivity contribution in [1.82, 2.24) is 4.98 Å². The lowest BCUT2D eigenvalue weighted by Crippen LogP contribution is -1.66. The molecule has 4 aromatic rings. The summed E-state index contributed by atoms with van der Waals surface area (Å²) in [7, 11) is 0. The van der Waals surface area contributed by atoms with Gasteiger partial charge in [-0.3, -0.25) is 0 Å². The third-order valence-corrected chi connectivity index (χ3v) is 3.32. The van der Waals surface area contributed by atoms with Gasteiger partial charge >= 0.3 is 0 Å². The number of nitriles is 1. The Kier molecular flexibility index (Phi) is 3.66. The number of aromatic amines is 1. The first-order valence-corrected chi connectivity index (χ1v) is 6.79. The second-order valence-electron chi connectivity index (χ2n) is 4.69. The van der Waals surface area contributed by atoms with Crippen LogP contribution in [0.1, 0.15) is 5.56 Å². The van der Waals surface area contributed by atoms with Crippen LogP contribution in [0.4, 0.5) is 0 Å². The number of hydrogen-bond acceptors (Lipinski definition) is 1. The Balaban J connectivity index is 0.000000143. The summed E-state index contributed by atoms with van der Waals surface area (Å²) >= 11 is 0. The van der Waals surface area contributed by atoms with Gasteiger partial charge in [-0.1, -0.05) is 54.6 Å². The summed E-state index contributed by atoms with van der Waals surface area (Å²) in [5.74, 6) is 0. The fourth-order valence-electron chi connectivity index (χ4n) is 2.31. The molecule has 100 valence electrons. The van der Waals surface area contributed by atoms with Gasteiger partial charge in [-0.05, 0) is 24.3 Å². The first-order chi connectivity index (χ1) is 10.4. The van der Waals surface area contributed by atoms with Crippen molar-refractivity contribution >= 4 is 21.8 Å². The van der Waals surface area contributed by atoms with Gasteiger partial charge in [0, 0.05) is 21.8 Å². The number of benzene rings is 3. The molecule has 2 heteroatoms. The summed E-state index contributed by atoms with van der Waals surface area (Å²) in [6, 6.07) is 27.9. The Labute approximate surface area is 123 Å². The zero-order valence-corrected chi connectivity index (χ0v) is 11.5. The highest BCUT2D eigenvalue weighted by atomic mass is 14.7. The largest absolute Gasteiger partial charge is 0.355 e. The van der Waals surface area contributed by atoms with Crippen LogP contribution in [0.2, 0.25) is 0 Å². The third-order valence-electron chi connectivity index (χ3n) is 3.32.